The third-order valence-corrected chi connectivity index (χ3v) is 8.49. The number of nitrogens with one attached hydrogen (secondary N) is 1. The lowest BCUT2D eigenvalue weighted by Gasteiger charge is -2.55. The van der Waals surface area contributed by atoms with E-state index < -0.39 is 59.9 Å². The summed E-state index contributed by atoms with van der Waals surface area (Å²) in [4.78, 5) is 76.2. The zero-order valence-corrected chi connectivity index (χ0v) is 21.7. The lowest BCUT2D eigenvalue weighted by Crippen LogP contribution is -2.74. The highest BCUT2D eigenvalue weighted by Gasteiger charge is 2.60. The van der Waals surface area contributed by atoms with Gasteiger partial charge >= 0.3 is 18.2 Å². The van der Waals surface area contributed by atoms with Gasteiger partial charge in [0.1, 0.15) is 23.4 Å². The lowest BCUT2D eigenvalue weighted by atomic mass is 9.88. The summed E-state index contributed by atoms with van der Waals surface area (Å²) < 4.78 is 9.72. The van der Waals surface area contributed by atoms with Crippen molar-refractivity contribution in [3.05, 3.63) is 53.4 Å². The number of carboxylic acid groups (broad SMARTS) is 1. The second-order valence-electron chi connectivity index (χ2n) is 8.60. The fraction of sp³-hybridized carbons (Fsp3) is 0.333. The molecule has 2 aromatic rings. The normalized spacial score (nSPS) is 21.9. The number of anilines is 1. The number of nitrogens with zero attached hydrogens (tertiary/aromatic N) is 2. The summed E-state index contributed by atoms with van der Waals surface area (Å²) in [6.45, 7) is -0.115. The standard InChI is InChI=1S/C24H23N3O9S2/c1-14(28)27(17-8-5-9-37-17)18-19(30)26-11-24(21(31)32,13-38-20(18)26)12-36-23(34)25-22(33)35-10-16(29)15-6-3-2-4-7-15/h2-9,18,20H,10-13H2,1H3,(H,31,32)(H,25,33,34)/t18?,20-,24?/m1/s1. The van der Waals surface area contributed by atoms with E-state index in [1.54, 1.807) is 53.2 Å². The van der Waals surface area contributed by atoms with Gasteiger partial charge in [0, 0.05) is 24.8 Å². The van der Waals surface area contributed by atoms with E-state index in [2.05, 4.69) is 0 Å². The minimum absolute atomic E-state index is 0.00717. The average Bonchev–Trinajstić information content (AvgIpc) is 3.43. The molecule has 0 saturated carbocycles. The van der Waals surface area contributed by atoms with E-state index in [0.717, 1.165) is 0 Å². The van der Waals surface area contributed by atoms with Gasteiger partial charge in [-0.3, -0.25) is 24.1 Å². The van der Waals surface area contributed by atoms with E-state index in [9.17, 15) is 33.9 Å². The van der Waals surface area contributed by atoms with Gasteiger partial charge in [0.15, 0.2) is 12.4 Å². The van der Waals surface area contributed by atoms with Crippen LogP contribution in [0.15, 0.2) is 47.8 Å². The molecule has 2 aliphatic heterocycles. The van der Waals surface area contributed by atoms with Crippen LogP contribution in [-0.2, 0) is 23.9 Å². The van der Waals surface area contributed by atoms with Crippen LogP contribution in [0.1, 0.15) is 17.3 Å². The highest BCUT2D eigenvalue weighted by atomic mass is 32.2. The van der Waals surface area contributed by atoms with Gasteiger partial charge in [-0.2, -0.15) is 0 Å². The van der Waals surface area contributed by atoms with Crippen LogP contribution in [0.25, 0.3) is 0 Å². The molecule has 1 aromatic carbocycles. The Morgan fingerprint density at radius 1 is 1.11 bits per heavy atom. The first-order valence-corrected chi connectivity index (χ1v) is 13.2. The first-order valence-electron chi connectivity index (χ1n) is 11.3. The van der Waals surface area contributed by atoms with Crippen molar-refractivity contribution in [1.82, 2.24) is 10.2 Å². The molecule has 0 radical (unpaired) electrons. The summed E-state index contributed by atoms with van der Waals surface area (Å²) in [5.41, 5.74) is -1.31. The Morgan fingerprint density at radius 3 is 2.45 bits per heavy atom. The Morgan fingerprint density at radius 2 is 1.82 bits per heavy atom. The summed E-state index contributed by atoms with van der Waals surface area (Å²) in [6.07, 6.45) is -2.50. The zero-order chi connectivity index (χ0) is 27.4. The van der Waals surface area contributed by atoms with E-state index in [-0.39, 0.29) is 18.2 Å². The Bertz CT molecular complexity index is 1250. The van der Waals surface area contributed by atoms with E-state index >= 15 is 0 Å². The monoisotopic (exact) mass is 561 g/mol. The van der Waals surface area contributed by atoms with Gasteiger partial charge < -0.3 is 19.5 Å². The molecule has 0 bridgehead atoms. The summed E-state index contributed by atoms with van der Waals surface area (Å²) in [7, 11) is 0. The number of carbonyl (C=O) groups is 6. The number of ether oxygens (including phenoxy) is 2. The molecule has 38 heavy (non-hydrogen) atoms. The number of thioether (sulfide) groups is 1. The molecule has 12 nitrogen and oxygen atoms in total. The van der Waals surface area contributed by atoms with Crippen LogP contribution in [0.2, 0.25) is 0 Å². The number of amides is 4. The minimum Gasteiger partial charge on any atom is -0.481 e. The Kier molecular flexibility index (Phi) is 8.02. The number of benzene rings is 1. The van der Waals surface area contributed by atoms with Crippen LogP contribution in [0.5, 0.6) is 0 Å². The van der Waals surface area contributed by atoms with Crippen LogP contribution in [0.4, 0.5) is 14.6 Å². The molecule has 0 spiro atoms. The fourth-order valence-corrected chi connectivity index (χ4v) is 6.46. The Hall–Kier alpha value is -3.91. The van der Waals surface area contributed by atoms with Crippen molar-refractivity contribution in [1.29, 1.82) is 0 Å². The van der Waals surface area contributed by atoms with Crippen molar-refractivity contribution in [3.63, 3.8) is 0 Å². The molecule has 3 atom stereocenters. The van der Waals surface area contributed by atoms with Gasteiger partial charge in [-0.15, -0.1) is 23.1 Å². The number of hydrogen-bond acceptors (Lipinski definition) is 10. The molecule has 3 heterocycles. The first kappa shape index (κ1) is 27.1. The second kappa shape index (κ2) is 11.2. The molecule has 2 unspecified atom stereocenters. The maximum Gasteiger partial charge on any atom is 0.417 e. The van der Waals surface area contributed by atoms with Crippen molar-refractivity contribution in [2.24, 2.45) is 5.41 Å². The second-order valence-corrected chi connectivity index (χ2v) is 10.6. The molecule has 14 heteroatoms. The number of imide groups is 1. The van der Waals surface area contributed by atoms with E-state index in [4.69, 9.17) is 9.47 Å². The number of alkyl carbamates (subject to hydrolysis) is 2. The van der Waals surface area contributed by atoms with Gasteiger partial charge in [-0.25, -0.2) is 14.9 Å². The quantitative estimate of drug-likeness (QED) is 0.361. The fourth-order valence-electron chi connectivity index (χ4n) is 4.08. The number of Topliss-reactive ketones (excluding diaryl/α,β-unsaturated/α-hetero) is 1. The molecule has 4 rings (SSSR count). The number of ketones is 1. The smallest absolute Gasteiger partial charge is 0.417 e. The molecule has 0 aliphatic carbocycles. The highest BCUT2D eigenvalue weighted by molar-refractivity contribution is 8.00. The molecule has 2 fully saturated rings. The average molecular weight is 562 g/mol. The van der Waals surface area contributed by atoms with Crippen molar-refractivity contribution in [2.75, 3.05) is 30.4 Å². The predicted octanol–water partition coefficient (Wildman–Crippen LogP) is 2.20. The first-order chi connectivity index (χ1) is 18.1. The summed E-state index contributed by atoms with van der Waals surface area (Å²) >= 11 is 2.49. The summed E-state index contributed by atoms with van der Waals surface area (Å²) in [5, 5.41) is 13.6. The number of thiophene rings is 1. The highest BCUT2D eigenvalue weighted by Crippen LogP contribution is 2.45. The maximum absolute atomic E-state index is 13.0. The van der Waals surface area contributed by atoms with Gasteiger partial charge in [0.05, 0.1) is 5.00 Å². The third-order valence-electron chi connectivity index (χ3n) is 6.05. The number of fused-ring (bicyclic) bond motifs is 1. The predicted molar refractivity (Wildman–Crippen MR) is 136 cm³/mol. The number of hydrogen-bond donors (Lipinski definition) is 2. The molecular weight excluding hydrogens is 538 g/mol. The summed E-state index contributed by atoms with van der Waals surface area (Å²) in [5.74, 6) is -2.49. The number of carbonyl (C=O) groups excluding carboxylic acids is 5. The molecule has 4 amide bonds. The molecular formula is C24H23N3O9S2. The number of rotatable bonds is 8. The molecule has 2 aliphatic rings. The molecule has 2 N–H and O–H groups in total. The Balaban J connectivity index is 1.31. The van der Waals surface area contributed by atoms with Crippen LogP contribution in [0, 0.1) is 5.41 Å². The topological polar surface area (TPSA) is 160 Å². The van der Waals surface area contributed by atoms with Crippen molar-refractivity contribution >= 4 is 63.9 Å². The van der Waals surface area contributed by atoms with Crippen molar-refractivity contribution < 1.29 is 43.3 Å². The van der Waals surface area contributed by atoms with Crippen molar-refractivity contribution in [2.45, 2.75) is 18.3 Å². The summed E-state index contributed by atoms with van der Waals surface area (Å²) in [6, 6.07) is 10.8. The number of aliphatic carboxylic acids is 1. The maximum atomic E-state index is 13.0. The SMILES string of the molecule is CC(=O)N(c1cccs1)C1C(=O)N2CC(COC(=O)NC(=O)OCC(=O)c3ccccc3)(C(=O)O)CS[C@H]12. The molecule has 2 saturated heterocycles. The van der Waals surface area contributed by atoms with E-state index in [1.165, 1.54) is 39.8 Å². The third kappa shape index (κ3) is 5.50. The van der Waals surface area contributed by atoms with E-state index in [0.29, 0.717) is 10.6 Å². The van der Waals surface area contributed by atoms with Gasteiger partial charge in [-0.1, -0.05) is 30.3 Å². The molecule has 1 aromatic heterocycles. The van der Waals surface area contributed by atoms with Gasteiger partial charge in [-0.05, 0) is 17.5 Å². The van der Waals surface area contributed by atoms with Crippen LogP contribution >= 0.6 is 23.1 Å². The molecule has 200 valence electrons. The van der Waals surface area contributed by atoms with Crippen LogP contribution < -0.4 is 10.2 Å². The van der Waals surface area contributed by atoms with Crippen LogP contribution in [0.3, 0.4) is 0 Å². The van der Waals surface area contributed by atoms with Gasteiger partial charge in [0.25, 0.3) is 0 Å². The number of carboxylic acids is 1. The Labute approximate surface area is 224 Å². The minimum atomic E-state index is -1.63. The van der Waals surface area contributed by atoms with Crippen LogP contribution in [-0.4, -0.2) is 82.7 Å². The van der Waals surface area contributed by atoms with Crippen molar-refractivity contribution in [3.8, 4) is 0 Å². The number of β-lactam (4-membered cyclic amide) rings is 1. The lowest BCUT2D eigenvalue weighted by molar-refractivity contribution is -0.159. The van der Waals surface area contributed by atoms with Gasteiger partial charge in [0.2, 0.25) is 11.8 Å². The zero-order valence-electron chi connectivity index (χ0n) is 20.0. The largest absolute Gasteiger partial charge is 0.481 e. The van der Waals surface area contributed by atoms with E-state index in [1.807, 2.05) is 0 Å².